The highest BCUT2D eigenvalue weighted by atomic mass is 16.7. The van der Waals surface area contributed by atoms with E-state index in [9.17, 15) is 34.5 Å². The maximum atomic E-state index is 13.1. The van der Waals surface area contributed by atoms with E-state index in [2.05, 4.69) is 57.2 Å². The number of ether oxygens (including phenoxy) is 5. The van der Waals surface area contributed by atoms with Gasteiger partial charge >= 0.3 is 23.9 Å². The van der Waals surface area contributed by atoms with Crippen LogP contribution in [0.2, 0.25) is 0 Å². The van der Waals surface area contributed by atoms with E-state index in [0.717, 1.165) is 109 Å². The van der Waals surface area contributed by atoms with E-state index < -0.39 is 67.3 Å². The molecular formula is C63H112O12. The minimum Gasteiger partial charge on any atom is -0.479 e. The Labute approximate surface area is 457 Å². The van der Waals surface area contributed by atoms with Crippen LogP contribution in [-0.2, 0) is 42.9 Å². The summed E-state index contributed by atoms with van der Waals surface area (Å²) in [4.78, 5) is 51.1. The Bertz CT molecular complexity index is 1450. The van der Waals surface area contributed by atoms with Gasteiger partial charge in [0.25, 0.3) is 0 Å². The molecule has 0 radical (unpaired) electrons. The molecule has 0 aliphatic carbocycles. The molecule has 0 aromatic carbocycles. The largest absolute Gasteiger partial charge is 0.479 e. The van der Waals surface area contributed by atoms with Gasteiger partial charge in [-0.1, -0.05) is 237 Å². The highest BCUT2D eigenvalue weighted by molar-refractivity contribution is 5.74. The molecule has 75 heavy (non-hydrogen) atoms. The summed E-state index contributed by atoms with van der Waals surface area (Å²) in [7, 11) is 0. The molecule has 3 N–H and O–H groups in total. The van der Waals surface area contributed by atoms with Crippen LogP contribution >= 0.6 is 0 Å². The van der Waals surface area contributed by atoms with Gasteiger partial charge in [-0.15, -0.1) is 0 Å². The van der Waals surface area contributed by atoms with Crippen molar-refractivity contribution >= 4 is 23.9 Å². The van der Waals surface area contributed by atoms with Crippen LogP contribution in [0.3, 0.4) is 0 Å². The second kappa shape index (κ2) is 51.7. The fourth-order valence-electron chi connectivity index (χ4n) is 9.40. The predicted molar refractivity (Wildman–Crippen MR) is 303 cm³/mol. The summed E-state index contributed by atoms with van der Waals surface area (Å²) in [6.07, 6.45) is 48.3. The second-order valence-electron chi connectivity index (χ2n) is 21.3. The van der Waals surface area contributed by atoms with Gasteiger partial charge in [0.1, 0.15) is 18.8 Å². The number of unbranched alkanes of at least 4 members (excludes halogenated alkanes) is 33. The van der Waals surface area contributed by atoms with Crippen LogP contribution in [0, 0.1) is 0 Å². The van der Waals surface area contributed by atoms with Gasteiger partial charge < -0.3 is 39.0 Å². The predicted octanol–water partition coefficient (Wildman–Crippen LogP) is 16.0. The lowest BCUT2D eigenvalue weighted by Gasteiger charge is -2.40. The lowest BCUT2D eigenvalue weighted by atomic mass is 9.98. The molecule has 1 aliphatic heterocycles. The molecule has 6 unspecified atom stereocenters. The van der Waals surface area contributed by atoms with Crippen LogP contribution in [-0.4, -0.2) is 89.2 Å². The third kappa shape index (κ3) is 41.7. The Morgan fingerprint density at radius 2 is 0.827 bits per heavy atom. The van der Waals surface area contributed by atoms with Crippen LogP contribution in [0.4, 0.5) is 0 Å². The average Bonchev–Trinajstić information content (AvgIpc) is 3.39. The van der Waals surface area contributed by atoms with Crippen molar-refractivity contribution in [3.8, 4) is 0 Å². The first-order valence-electron chi connectivity index (χ1n) is 31.0. The van der Waals surface area contributed by atoms with Crippen LogP contribution in [0.15, 0.2) is 36.5 Å². The summed E-state index contributed by atoms with van der Waals surface area (Å²) in [6.45, 7) is 5.93. The fraction of sp³-hybridized carbons (Fsp3) is 0.841. The van der Waals surface area contributed by atoms with Crippen molar-refractivity contribution in [3.05, 3.63) is 36.5 Å². The van der Waals surface area contributed by atoms with E-state index in [1.54, 1.807) is 0 Å². The number of esters is 3. The van der Waals surface area contributed by atoms with Crippen molar-refractivity contribution in [1.29, 1.82) is 0 Å². The van der Waals surface area contributed by atoms with Crippen molar-refractivity contribution in [1.82, 2.24) is 0 Å². The molecule has 12 heteroatoms. The molecule has 0 spiro atoms. The van der Waals surface area contributed by atoms with Gasteiger partial charge in [-0.05, 0) is 70.6 Å². The molecule has 0 aromatic heterocycles. The highest BCUT2D eigenvalue weighted by Gasteiger charge is 2.50. The molecule has 6 atom stereocenters. The van der Waals surface area contributed by atoms with Crippen LogP contribution in [0.25, 0.3) is 0 Å². The van der Waals surface area contributed by atoms with Crippen molar-refractivity contribution in [2.24, 2.45) is 0 Å². The Balaban J connectivity index is 2.65. The van der Waals surface area contributed by atoms with Gasteiger partial charge in [0, 0.05) is 19.3 Å². The Kier molecular flexibility index (Phi) is 48.2. The summed E-state index contributed by atoms with van der Waals surface area (Å²) < 4.78 is 28.4. The Morgan fingerprint density at radius 1 is 0.440 bits per heavy atom. The van der Waals surface area contributed by atoms with Gasteiger partial charge in [-0.25, -0.2) is 4.79 Å². The first-order valence-corrected chi connectivity index (χ1v) is 31.0. The van der Waals surface area contributed by atoms with Crippen LogP contribution in [0.5, 0.6) is 0 Å². The number of aliphatic hydroxyl groups is 2. The smallest absolute Gasteiger partial charge is 0.335 e. The lowest BCUT2D eigenvalue weighted by Crippen LogP contribution is -2.61. The minimum absolute atomic E-state index is 0.0514. The van der Waals surface area contributed by atoms with Gasteiger partial charge in [0.05, 0.1) is 6.61 Å². The molecule has 12 nitrogen and oxygen atoms in total. The zero-order valence-electron chi connectivity index (χ0n) is 48.1. The number of carbonyl (C=O) groups is 4. The van der Waals surface area contributed by atoms with Crippen molar-refractivity contribution in [3.63, 3.8) is 0 Å². The zero-order valence-corrected chi connectivity index (χ0v) is 48.1. The zero-order chi connectivity index (χ0) is 54.7. The van der Waals surface area contributed by atoms with Gasteiger partial charge in [0.2, 0.25) is 0 Å². The van der Waals surface area contributed by atoms with E-state index >= 15 is 0 Å². The van der Waals surface area contributed by atoms with Gasteiger partial charge in [0.15, 0.2) is 24.6 Å². The number of hydrogen-bond acceptors (Lipinski definition) is 11. The molecule has 1 heterocycles. The maximum Gasteiger partial charge on any atom is 0.335 e. The van der Waals surface area contributed by atoms with E-state index in [4.69, 9.17) is 23.7 Å². The third-order valence-electron chi connectivity index (χ3n) is 14.2. The topological polar surface area (TPSA) is 175 Å². The van der Waals surface area contributed by atoms with Crippen molar-refractivity contribution in [2.75, 3.05) is 13.2 Å². The molecule has 0 amide bonds. The number of rotatable bonds is 53. The summed E-state index contributed by atoms with van der Waals surface area (Å²) in [5.41, 5.74) is 0. The molecule has 1 rings (SSSR count). The number of aliphatic hydroxyl groups excluding tert-OH is 2. The van der Waals surface area contributed by atoms with E-state index in [1.165, 1.54) is 122 Å². The summed E-state index contributed by atoms with van der Waals surface area (Å²) in [5, 5.41) is 31.5. The quantitative estimate of drug-likeness (QED) is 0.0228. The molecule has 1 fully saturated rings. The Hall–Kier alpha value is -3.06. The number of allylic oxidation sites excluding steroid dienone is 6. The number of carboxylic acid groups (broad SMARTS) is 1. The first kappa shape index (κ1) is 70.0. The molecule has 1 aliphatic rings. The minimum atomic E-state index is -1.90. The SMILES string of the molecule is CCC/C=C\C/C=C\CCCCCCCC(=O)OC(COC(=O)CCCCCCCCCCCCCCCCCCCCC)COC1OC(C(=O)O)C(O)C(O)C1OC(=O)CCCCCCC/C=C\CCCCCC. The van der Waals surface area contributed by atoms with Crippen LogP contribution in [0.1, 0.15) is 290 Å². The van der Waals surface area contributed by atoms with Crippen molar-refractivity contribution in [2.45, 2.75) is 327 Å². The molecule has 436 valence electrons. The first-order chi connectivity index (χ1) is 36.6. The van der Waals surface area contributed by atoms with Gasteiger partial charge in [-0.3, -0.25) is 14.4 Å². The molecule has 0 bridgehead atoms. The maximum absolute atomic E-state index is 13.1. The lowest BCUT2D eigenvalue weighted by molar-refractivity contribution is -0.301. The number of aliphatic carboxylic acids is 1. The normalized spacial score (nSPS) is 18.3. The number of hydrogen-bond donors (Lipinski definition) is 3. The summed E-state index contributed by atoms with van der Waals surface area (Å²) in [6, 6.07) is 0. The summed E-state index contributed by atoms with van der Waals surface area (Å²) >= 11 is 0. The molecule has 0 saturated carbocycles. The second-order valence-corrected chi connectivity index (χ2v) is 21.3. The van der Waals surface area contributed by atoms with Crippen LogP contribution < -0.4 is 0 Å². The third-order valence-corrected chi connectivity index (χ3v) is 14.2. The number of carbonyl (C=O) groups excluding carboxylic acids is 3. The fourth-order valence-corrected chi connectivity index (χ4v) is 9.40. The van der Waals surface area contributed by atoms with E-state index in [0.29, 0.717) is 19.3 Å². The summed E-state index contributed by atoms with van der Waals surface area (Å²) in [5.74, 6) is -3.12. The van der Waals surface area contributed by atoms with Crippen molar-refractivity contribution < 1.29 is 58.2 Å². The standard InChI is InChI=1S/C63H112O12/c1-4-7-10-13-16-19-22-25-26-27-28-29-30-33-34-37-40-43-46-49-55(64)71-52-54(73-56(65)50-47-44-41-38-35-31-23-20-17-14-11-8-5-2)53-72-63-61(59(68)58(67)60(75-63)62(69)70)74-57(66)51-48-45-42-39-36-32-24-21-18-15-12-9-6-3/h11,14,20-21,23-24,54,58-61,63,67-68H,4-10,12-13,15-19,22,25-53H2,1-3H3,(H,69,70)/b14-11-,23-20-,24-21-. The monoisotopic (exact) mass is 1060 g/mol. The molecule has 1 saturated heterocycles. The highest BCUT2D eigenvalue weighted by Crippen LogP contribution is 2.27. The van der Waals surface area contributed by atoms with E-state index in [-0.39, 0.29) is 25.9 Å². The number of carboxylic acids is 1. The van der Waals surface area contributed by atoms with E-state index in [1.807, 2.05) is 0 Å². The average molecular weight is 1060 g/mol. The molecular weight excluding hydrogens is 949 g/mol. The Morgan fingerprint density at radius 3 is 1.28 bits per heavy atom. The molecule has 0 aromatic rings. The van der Waals surface area contributed by atoms with Gasteiger partial charge in [-0.2, -0.15) is 0 Å².